The van der Waals surface area contributed by atoms with Gasteiger partial charge in [-0.25, -0.2) is 13.1 Å². The second-order valence-corrected chi connectivity index (χ2v) is 5.15. The first-order valence-corrected chi connectivity index (χ1v) is 6.80. The Morgan fingerprint density at radius 2 is 2.24 bits per heavy atom. The molecule has 0 spiro atoms. The molecule has 0 fully saturated rings. The van der Waals surface area contributed by atoms with Crippen molar-refractivity contribution in [2.75, 3.05) is 13.1 Å². The smallest absolute Gasteiger partial charge is 0.257 e. The van der Waals surface area contributed by atoms with Crippen molar-refractivity contribution < 1.29 is 13.2 Å². The van der Waals surface area contributed by atoms with Crippen molar-refractivity contribution in [3.8, 4) is 0 Å². The summed E-state index contributed by atoms with van der Waals surface area (Å²) in [4.78, 5) is 11.2. The summed E-state index contributed by atoms with van der Waals surface area (Å²) < 4.78 is 25.5. The van der Waals surface area contributed by atoms with Gasteiger partial charge in [-0.05, 0) is 12.5 Å². The van der Waals surface area contributed by atoms with Crippen LogP contribution in [-0.2, 0) is 14.8 Å². The molecule has 0 saturated carbocycles. The van der Waals surface area contributed by atoms with Crippen molar-refractivity contribution in [1.82, 2.24) is 20.2 Å². The van der Waals surface area contributed by atoms with E-state index in [1.807, 2.05) is 6.92 Å². The van der Waals surface area contributed by atoms with E-state index in [4.69, 9.17) is 0 Å². The molecule has 0 saturated heterocycles. The first-order chi connectivity index (χ1) is 8.06. The number of nitrogens with zero attached hydrogens (tertiary/aromatic N) is 1. The standard InChI is InChI=1S/C9H16N4O3S/c1-2-5-10-8(14)3-7-12-17(15,16)9-4-6-11-13-9/h4,6,12H,2-3,5,7H2,1H3,(H,10,14)(H,11,13). The third-order valence-corrected chi connectivity index (χ3v) is 3.37. The molecule has 1 rings (SSSR count). The molecule has 1 amide bonds. The summed E-state index contributed by atoms with van der Waals surface area (Å²) in [6, 6.07) is 1.35. The van der Waals surface area contributed by atoms with E-state index < -0.39 is 10.0 Å². The van der Waals surface area contributed by atoms with Crippen molar-refractivity contribution in [2.24, 2.45) is 0 Å². The third kappa shape index (κ3) is 4.53. The number of carbonyl (C=O) groups excluding carboxylic acids is 1. The van der Waals surface area contributed by atoms with Crippen molar-refractivity contribution in [1.29, 1.82) is 0 Å². The highest BCUT2D eigenvalue weighted by molar-refractivity contribution is 7.89. The fraction of sp³-hybridized carbons (Fsp3) is 0.556. The van der Waals surface area contributed by atoms with Crippen LogP contribution in [0.5, 0.6) is 0 Å². The van der Waals surface area contributed by atoms with E-state index in [1.54, 1.807) is 0 Å². The number of aromatic nitrogens is 2. The normalized spacial score (nSPS) is 11.4. The first kappa shape index (κ1) is 13.7. The second kappa shape index (κ2) is 6.36. The Hall–Kier alpha value is -1.41. The average Bonchev–Trinajstić information content (AvgIpc) is 2.80. The molecule has 7 nitrogen and oxygen atoms in total. The minimum atomic E-state index is -3.58. The van der Waals surface area contributed by atoms with Crippen LogP contribution in [0.15, 0.2) is 17.3 Å². The molecule has 3 N–H and O–H groups in total. The summed E-state index contributed by atoms with van der Waals surface area (Å²) >= 11 is 0. The van der Waals surface area contributed by atoms with Crippen LogP contribution < -0.4 is 10.0 Å². The van der Waals surface area contributed by atoms with Gasteiger partial charge in [-0.3, -0.25) is 9.89 Å². The maximum Gasteiger partial charge on any atom is 0.257 e. The van der Waals surface area contributed by atoms with Gasteiger partial charge in [-0.15, -0.1) is 0 Å². The molecular weight excluding hydrogens is 244 g/mol. The van der Waals surface area contributed by atoms with E-state index in [1.165, 1.54) is 12.3 Å². The van der Waals surface area contributed by atoms with Crippen LogP contribution in [-0.4, -0.2) is 37.6 Å². The third-order valence-electron chi connectivity index (χ3n) is 1.98. The highest BCUT2D eigenvalue weighted by Crippen LogP contribution is 2.01. The molecule has 0 atom stereocenters. The number of amides is 1. The summed E-state index contributed by atoms with van der Waals surface area (Å²) in [6.07, 6.45) is 2.32. The van der Waals surface area contributed by atoms with Gasteiger partial charge < -0.3 is 5.32 Å². The van der Waals surface area contributed by atoms with Gasteiger partial charge >= 0.3 is 0 Å². The highest BCUT2D eigenvalue weighted by Gasteiger charge is 2.14. The number of aromatic amines is 1. The number of sulfonamides is 1. The minimum absolute atomic E-state index is 0.00790. The molecule has 0 radical (unpaired) electrons. The summed E-state index contributed by atoms with van der Waals surface area (Å²) in [7, 11) is -3.58. The van der Waals surface area contributed by atoms with Gasteiger partial charge in [0.1, 0.15) is 0 Å². The van der Waals surface area contributed by atoms with Crippen LogP contribution >= 0.6 is 0 Å². The molecule has 0 bridgehead atoms. The average molecular weight is 260 g/mol. The van der Waals surface area contributed by atoms with Crippen LogP contribution in [0, 0.1) is 0 Å². The summed E-state index contributed by atoms with van der Waals surface area (Å²) in [5, 5.41) is 8.55. The van der Waals surface area contributed by atoms with Gasteiger partial charge in [0.05, 0.1) is 6.20 Å². The zero-order chi connectivity index (χ0) is 12.7. The van der Waals surface area contributed by atoms with Gasteiger partial charge in [0.25, 0.3) is 10.0 Å². The lowest BCUT2D eigenvalue weighted by molar-refractivity contribution is -0.120. The Balaban J connectivity index is 2.34. The Kier molecular flexibility index (Phi) is 5.11. The maximum absolute atomic E-state index is 11.6. The van der Waals surface area contributed by atoms with Crippen molar-refractivity contribution in [3.63, 3.8) is 0 Å². The van der Waals surface area contributed by atoms with E-state index in [0.717, 1.165) is 6.42 Å². The Bertz CT molecular complexity index is 441. The van der Waals surface area contributed by atoms with Crippen LogP contribution in [0.25, 0.3) is 0 Å². The monoisotopic (exact) mass is 260 g/mol. The lowest BCUT2D eigenvalue weighted by Crippen LogP contribution is -2.31. The van der Waals surface area contributed by atoms with Crippen molar-refractivity contribution in [3.05, 3.63) is 12.3 Å². The lowest BCUT2D eigenvalue weighted by Gasteiger charge is -2.05. The Morgan fingerprint density at radius 1 is 1.47 bits per heavy atom. The Morgan fingerprint density at radius 3 is 2.82 bits per heavy atom. The maximum atomic E-state index is 11.6. The SMILES string of the molecule is CCCNC(=O)CCNS(=O)(=O)c1ccn[nH]1. The van der Waals surface area contributed by atoms with Crippen molar-refractivity contribution in [2.45, 2.75) is 24.8 Å². The predicted octanol–water partition coefficient (Wildman–Crippen LogP) is -0.396. The highest BCUT2D eigenvalue weighted by atomic mass is 32.2. The number of hydrogen-bond donors (Lipinski definition) is 3. The van der Waals surface area contributed by atoms with E-state index in [9.17, 15) is 13.2 Å². The molecule has 96 valence electrons. The lowest BCUT2D eigenvalue weighted by atomic mass is 10.4. The van der Waals surface area contributed by atoms with Crippen LogP contribution in [0.1, 0.15) is 19.8 Å². The van der Waals surface area contributed by atoms with Crippen LogP contribution in [0.4, 0.5) is 0 Å². The Labute approximate surface area is 100 Å². The topological polar surface area (TPSA) is 104 Å². The summed E-state index contributed by atoms with van der Waals surface area (Å²) in [6.45, 7) is 2.62. The first-order valence-electron chi connectivity index (χ1n) is 5.32. The molecule has 17 heavy (non-hydrogen) atoms. The fourth-order valence-electron chi connectivity index (χ4n) is 1.12. The molecular formula is C9H16N4O3S. The van der Waals surface area contributed by atoms with Crippen LogP contribution in [0.2, 0.25) is 0 Å². The van der Waals surface area contributed by atoms with E-state index in [2.05, 4.69) is 20.2 Å². The molecule has 0 aliphatic carbocycles. The van der Waals surface area contributed by atoms with Gasteiger partial charge in [0.2, 0.25) is 5.91 Å². The van der Waals surface area contributed by atoms with Crippen molar-refractivity contribution >= 4 is 15.9 Å². The molecule has 0 aliphatic rings. The number of hydrogen-bond acceptors (Lipinski definition) is 4. The summed E-state index contributed by atoms with van der Waals surface area (Å²) in [5.41, 5.74) is 0. The molecule has 0 aliphatic heterocycles. The van der Waals surface area contributed by atoms with Crippen LogP contribution in [0.3, 0.4) is 0 Å². The van der Waals surface area contributed by atoms with Gasteiger partial charge in [0.15, 0.2) is 5.03 Å². The second-order valence-electron chi connectivity index (χ2n) is 3.42. The fourth-order valence-corrected chi connectivity index (χ4v) is 2.06. The minimum Gasteiger partial charge on any atom is -0.356 e. The van der Waals surface area contributed by atoms with E-state index >= 15 is 0 Å². The zero-order valence-corrected chi connectivity index (χ0v) is 10.4. The molecule has 0 unspecified atom stereocenters. The molecule has 1 aromatic rings. The predicted molar refractivity (Wildman–Crippen MR) is 61.7 cm³/mol. The molecule has 1 heterocycles. The number of carbonyl (C=O) groups is 1. The van der Waals surface area contributed by atoms with E-state index in [-0.39, 0.29) is 23.9 Å². The largest absolute Gasteiger partial charge is 0.356 e. The summed E-state index contributed by atoms with van der Waals surface area (Å²) in [5.74, 6) is -0.167. The van der Waals surface area contributed by atoms with Gasteiger partial charge in [-0.1, -0.05) is 6.92 Å². The number of nitrogens with one attached hydrogen (secondary N) is 3. The zero-order valence-electron chi connectivity index (χ0n) is 9.56. The van der Waals surface area contributed by atoms with Gasteiger partial charge in [0, 0.05) is 19.5 Å². The van der Waals surface area contributed by atoms with E-state index in [0.29, 0.717) is 6.54 Å². The number of H-pyrrole nitrogens is 1. The van der Waals surface area contributed by atoms with Gasteiger partial charge in [-0.2, -0.15) is 5.10 Å². The molecule has 1 aromatic heterocycles. The molecule has 0 aromatic carbocycles. The number of rotatable bonds is 7. The quantitative estimate of drug-likeness (QED) is 0.620. The molecule has 8 heteroatoms.